The molecule has 0 atom stereocenters. The first kappa shape index (κ1) is 10.9. The van der Waals surface area contributed by atoms with Crippen LogP contribution in [0.1, 0.15) is 5.56 Å². The third kappa shape index (κ3) is 1.75. The number of hydrogen-bond acceptors (Lipinski definition) is 3. The van der Waals surface area contributed by atoms with E-state index in [2.05, 4.69) is 15.9 Å². The first-order valence-corrected chi connectivity index (χ1v) is 6.57. The minimum atomic E-state index is -3.31. The Balaban J connectivity index is 2.58. The van der Waals surface area contributed by atoms with Crippen LogP contribution in [0.3, 0.4) is 0 Å². The second-order valence-electron chi connectivity index (χ2n) is 3.23. The summed E-state index contributed by atoms with van der Waals surface area (Å²) in [6.45, 7) is 0.120. The Morgan fingerprint density at radius 3 is 2.80 bits per heavy atom. The van der Waals surface area contributed by atoms with Crippen molar-refractivity contribution in [3.05, 3.63) is 33.1 Å². The second kappa shape index (κ2) is 3.73. The van der Waals surface area contributed by atoms with E-state index < -0.39 is 9.84 Å². The summed E-state index contributed by atoms with van der Waals surface area (Å²) in [6, 6.07) is 5.11. The van der Waals surface area contributed by atoms with Crippen LogP contribution in [0, 0.1) is 0 Å². The van der Waals surface area contributed by atoms with Crippen molar-refractivity contribution in [2.24, 2.45) is 0 Å². The van der Waals surface area contributed by atoms with Crippen LogP contribution in [-0.2, 0) is 14.6 Å². The van der Waals surface area contributed by atoms with E-state index in [1.165, 1.54) is 7.11 Å². The molecule has 0 bridgehead atoms. The average Bonchev–Trinajstić information content (AvgIpc) is 2.39. The Bertz CT molecular complexity index is 532. The summed E-state index contributed by atoms with van der Waals surface area (Å²) in [7, 11) is -1.83. The van der Waals surface area contributed by atoms with Crippen molar-refractivity contribution < 1.29 is 13.2 Å². The Morgan fingerprint density at radius 1 is 1.40 bits per heavy atom. The van der Waals surface area contributed by atoms with E-state index in [1.54, 1.807) is 24.3 Å². The molecule has 15 heavy (non-hydrogen) atoms. The molecule has 3 nitrogen and oxygen atoms in total. The van der Waals surface area contributed by atoms with Gasteiger partial charge in [0.2, 0.25) is 9.84 Å². The average molecular weight is 289 g/mol. The van der Waals surface area contributed by atoms with Crippen LogP contribution in [0.5, 0.6) is 0 Å². The van der Waals surface area contributed by atoms with E-state index in [1.807, 2.05) is 0 Å². The maximum absolute atomic E-state index is 11.9. The summed E-state index contributed by atoms with van der Waals surface area (Å²) in [4.78, 5) is 0.677. The molecular formula is C10H9BrO3S. The second-order valence-corrected chi connectivity index (χ2v) is 6.12. The quantitative estimate of drug-likeness (QED) is 0.838. The van der Waals surface area contributed by atoms with Gasteiger partial charge in [-0.2, -0.15) is 0 Å². The maximum atomic E-state index is 11.9. The van der Waals surface area contributed by atoms with Crippen LogP contribution in [0.4, 0.5) is 0 Å². The van der Waals surface area contributed by atoms with Gasteiger partial charge in [0.15, 0.2) is 0 Å². The summed E-state index contributed by atoms with van der Waals surface area (Å²) < 4.78 is 29.6. The third-order valence-corrected chi connectivity index (χ3v) is 4.58. The largest absolute Gasteiger partial charge is 0.379 e. The molecule has 0 saturated heterocycles. The highest BCUT2D eigenvalue weighted by atomic mass is 79.9. The molecule has 2 rings (SSSR count). The van der Waals surface area contributed by atoms with Crippen LogP contribution in [-0.4, -0.2) is 22.1 Å². The number of fused-ring (bicyclic) bond motifs is 1. The Morgan fingerprint density at radius 2 is 2.13 bits per heavy atom. The van der Waals surface area contributed by atoms with Gasteiger partial charge in [-0.05, 0) is 29.8 Å². The van der Waals surface area contributed by atoms with Gasteiger partial charge >= 0.3 is 0 Å². The fraction of sp³-hybridized carbons (Fsp3) is 0.200. The van der Waals surface area contributed by atoms with Crippen LogP contribution >= 0.6 is 15.9 Å². The monoisotopic (exact) mass is 288 g/mol. The molecular weight excluding hydrogens is 280 g/mol. The normalized spacial score (nSPS) is 17.3. The van der Waals surface area contributed by atoms with E-state index in [-0.39, 0.29) is 6.61 Å². The van der Waals surface area contributed by atoms with Crippen molar-refractivity contribution in [2.45, 2.75) is 4.90 Å². The third-order valence-electron chi connectivity index (χ3n) is 2.21. The minimum Gasteiger partial charge on any atom is -0.379 e. The summed E-state index contributed by atoms with van der Waals surface area (Å²) in [5.41, 5.74) is 0.719. The SMILES string of the molecule is COCC1=Cc2cc(Br)ccc2S1(=O)=O. The topological polar surface area (TPSA) is 43.4 Å². The smallest absolute Gasteiger partial charge is 0.205 e. The summed E-state index contributed by atoms with van der Waals surface area (Å²) in [6.07, 6.45) is 1.65. The number of hydrogen-bond donors (Lipinski definition) is 0. The van der Waals surface area contributed by atoms with Crippen LogP contribution in [0.25, 0.3) is 6.08 Å². The predicted molar refractivity (Wildman–Crippen MR) is 61.2 cm³/mol. The molecule has 80 valence electrons. The first-order chi connectivity index (χ1) is 7.05. The first-order valence-electron chi connectivity index (χ1n) is 4.30. The molecule has 5 heteroatoms. The Kier molecular flexibility index (Phi) is 2.70. The van der Waals surface area contributed by atoms with Gasteiger partial charge in [-0.3, -0.25) is 0 Å². The van der Waals surface area contributed by atoms with Gasteiger partial charge in [-0.15, -0.1) is 0 Å². The molecule has 0 fully saturated rings. The fourth-order valence-electron chi connectivity index (χ4n) is 1.53. The van der Waals surface area contributed by atoms with Gasteiger partial charge in [0, 0.05) is 11.6 Å². The summed E-state index contributed by atoms with van der Waals surface area (Å²) in [5.74, 6) is 0. The molecule has 0 radical (unpaired) electrons. The van der Waals surface area contributed by atoms with Crippen molar-refractivity contribution in [2.75, 3.05) is 13.7 Å². The Hall–Kier alpha value is -0.650. The highest BCUT2D eigenvalue weighted by Crippen LogP contribution is 2.34. The van der Waals surface area contributed by atoms with Gasteiger partial charge in [-0.1, -0.05) is 15.9 Å². The standard InChI is InChI=1S/C10H9BrO3S/c1-14-6-9-5-7-4-8(11)2-3-10(7)15(9,12)13/h2-5H,6H2,1H3. The van der Waals surface area contributed by atoms with E-state index in [0.29, 0.717) is 9.80 Å². The summed E-state index contributed by atoms with van der Waals surface area (Å²) in [5, 5.41) is 0. The molecule has 0 amide bonds. The van der Waals surface area contributed by atoms with E-state index in [9.17, 15) is 8.42 Å². The van der Waals surface area contributed by atoms with E-state index in [4.69, 9.17) is 4.74 Å². The molecule has 0 aromatic heterocycles. The number of sulfone groups is 1. The van der Waals surface area contributed by atoms with Gasteiger partial charge in [0.1, 0.15) is 0 Å². The van der Waals surface area contributed by atoms with E-state index >= 15 is 0 Å². The zero-order valence-corrected chi connectivity index (χ0v) is 10.4. The predicted octanol–water partition coefficient (Wildman–Crippen LogP) is 2.22. The minimum absolute atomic E-state index is 0.120. The van der Waals surface area contributed by atoms with Gasteiger partial charge < -0.3 is 4.74 Å². The van der Waals surface area contributed by atoms with Crippen molar-refractivity contribution in [3.8, 4) is 0 Å². The lowest BCUT2D eigenvalue weighted by molar-refractivity contribution is 0.231. The fourth-order valence-corrected chi connectivity index (χ4v) is 3.42. The van der Waals surface area contributed by atoms with Gasteiger partial charge in [0.25, 0.3) is 0 Å². The number of halogens is 1. The highest BCUT2D eigenvalue weighted by molar-refractivity contribution is 9.10. The molecule has 0 unspecified atom stereocenters. The zero-order valence-electron chi connectivity index (χ0n) is 8.03. The number of rotatable bonds is 2. The van der Waals surface area contributed by atoms with Crippen LogP contribution in [0.2, 0.25) is 0 Å². The van der Waals surface area contributed by atoms with Crippen molar-refractivity contribution in [3.63, 3.8) is 0 Å². The molecule has 0 aliphatic carbocycles. The molecule has 1 aliphatic heterocycles. The number of benzene rings is 1. The molecule has 1 aromatic rings. The molecule has 0 N–H and O–H groups in total. The zero-order chi connectivity index (χ0) is 11.1. The Labute approximate surface area is 96.8 Å². The van der Waals surface area contributed by atoms with Crippen molar-refractivity contribution in [1.29, 1.82) is 0 Å². The van der Waals surface area contributed by atoms with Crippen molar-refractivity contribution >= 4 is 31.8 Å². The maximum Gasteiger partial charge on any atom is 0.205 e. The van der Waals surface area contributed by atoms with Crippen LogP contribution in [0.15, 0.2) is 32.5 Å². The molecule has 1 aromatic carbocycles. The molecule has 1 heterocycles. The highest BCUT2D eigenvalue weighted by Gasteiger charge is 2.29. The number of ether oxygens (including phenoxy) is 1. The summed E-state index contributed by atoms with van der Waals surface area (Å²) >= 11 is 3.31. The van der Waals surface area contributed by atoms with Gasteiger partial charge in [0.05, 0.1) is 16.4 Å². The molecule has 0 saturated carbocycles. The van der Waals surface area contributed by atoms with Gasteiger partial charge in [-0.25, -0.2) is 8.42 Å². The number of methoxy groups -OCH3 is 1. The lowest BCUT2D eigenvalue weighted by Gasteiger charge is -2.02. The lowest BCUT2D eigenvalue weighted by Crippen LogP contribution is -2.05. The van der Waals surface area contributed by atoms with E-state index in [0.717, 1.165) is 10.0 Å². The van der Waals surface area contributed by atoms with Crippen LogP contribution < -0.4 is 0 Å². The van der Waals surface area contributed by atoms with Crippen molar-refractivity contribution in [1.82, 2.24) is 0 Å². The lowest BCUT2D eigenvalue weighted by atomic mass is 10.2. The molecule has 0 spiro atoms. The molecule has 1 aliphatic rings.